The number of hydrogen-bond donors (Lipinski definition) is 1. The molecule has 8 heteroatoms. The van der Waals surface area contributed by atoms with Crippen LogP contribution in [0.1, 0.15) is 17.7 Å². The summed E-state index contributed by atoms with van der Waals surface area (Å²) in [4.78, 5) is 12.1. The van der Waals surface area contributed by atoms with Crippen LogP contribution in [0, 0.1) is 0 Å². The molecule has 5 nitrogen and oxygen atoms in total. The highest BCUT2D eigenvalue weighted by Crippen LogP contribution is 2.33. The minimum atomic E-state index is -4.50. The maximum absolute atomic E-state index is 13.0. The molecule has 0 radical (unpaired) electrons. The molecule has 0 aliphatic heterocycles. The molecule has 2 heterocycles. The highest BCUT2D eigenvalue weighted by molar-refractivity contribution is 5.93. The number of nitrogens with one attached hydrogen (secondary N) is 1. The Bertz CT molecular complexity index is 841. The number of anilines is 1. The third kappa shape index (κ3) is 4.09. The molecule has 130 valence electrons. The molecule has 0 aliphatic rings. The van der Waals surface area contributed by atoms with Gasteiger partial charge in [-0.15, -0.1) is 0 Å². The van der Waals surface area contributed by atoms with E-state index in [9.17, 15) is 18.0 Å². The molecule has 0 saturated heterocycles. The first-order valence-corrected chi connectivity index (χ1v) is 7.47. The van der Waals surface area contributed by atoms with Crippen LogP contribution in [-0.2, 0) is 17.4 Å². The van der Waals surface area contributed by atoms with Gasteiger partial charge < -0.3 is 9.73 Å². The van der Waals surface area contributed by atoms with Crippen LogP contribution in [-0.4, -0.2) is 15.7 Å². The second kappa shape index (κ2) is 6.84. The zero-order chi connectivity index (χ0) is 17.9. The molecular weight excluding hydrogens is 335 g/mol. The van der Waals surface area contributed by atoms with Crippen LogP contribution in [0.2, 0.25) is 0 Å². The molecule has 0 fully saturated rings. The summed E-state index contributed by atoms with van der Waals surface area (Å²) in [5, 5.41) is 6.53. The van der Waals surface area contributed by atoms with Crippen LogP contribution >= 0.6 is 0 Å². The van der Waals surface area contributed by atoms with Crippen molar-refractivity contribution in [3.8, 4) is 5.69 Å². The number of carbonyl (C=O) groups excluding carboxylic acids is 1. The SMILES string of the molecule is O=C(CCc1ccco1)Nc1cc(C(F)(F)F)ccc1-n1cccn1. The summed E-state index contributed by atoms with van der Waals surface area (Å²) in [6.45, 7) is 0. The van der Waals surface area contributed by atoms with Gasteiger partial charge in [-0.05, 0) is 36.4 Å². The number of furan rings is 1. The van der Waals surface area contributed by atoms with Gasteiger partial charge in [0.1, 0.15) is 5.76 Å². The summed E-state index contributed by atoms with van der Waals surface area (Å²) in [6, 6.07) is 8.21. The average Bonchev–Trinajstić information content (AvgIpc) is 3.26. The molecule has 0 unspecified atom stereocenters. The van der Waals surface area contributed by atoms with Gasteiger partial charge in [-0.2, -0.15) is 18.3 Å². The van der Waals surface area contributed by atoms with Crippen molar-refractivity contribution in [1.29, 1.82) is 0 Å². The smallest absolute Gasteiger partial charge is 0.416 e. The highest BCUT2D eigenvalue weighted by atomic mass is 19.4. The number of halogens is 3. The molecule has 0 aliphatic carbocycles. The summed E-state index contributed by atoms with van der Waals surface area (Å²) >= 11 is 0. The molecule has 0 spiro atoms. The molecular formula is C17H14F3N3O2. The molecule has 0 atom stereocenters. The number of carbonyl (C=O) groups is 1. The van der Waals surface area contributed by atoms with Gasteiger partial charge in [-0.1, -0.05) is 0 Å². The molecule has 3 rings (SSSR count). The lowest BCUT2D eigenvalue weighted by atomic mass is 10.1. The number of nitrogens with zero attached hydrogens (tertiary/aromatic N) is 2. The van der Waals surface area contributed by atoms with Gasteiger partial charge in [0.15, 0.2) is 0 Å². The Labute approximate surface area is 141 Å². The molecule has 2 aromatic heterocycles. The number of rotatable bonds is 5. The van der Waals surface area contributed by atoms with Gasteiger partial charge in [0.2, 0.25) is 5.91 Å². The Balaban J connectivity index is 1.83. The van der Waals surface area contributed by atoms with Crippen molar-refractivity contribution in [2.75, 3.05) is 5.32 Å². The van der Waals surface area contributed by atoms with Gasteiger partial charge in [0.25, 0.3) is 0 Å². The quantitative estimate of drug-likeness (QED) is 0.756. The summed E-state index contributed by atoms with van der Waals surface area (Å²) in [7, 11) is 0. The van der Waals surface area contributed by atoms with Crippen molar-refractivity contribution in [2.45, 2.75) is 19.0 Å². The van der Waals surface area contributed by atoms with E-state index in [0.29, 0.717) is 17.9 Å². The van der Waals surface area contributed by atoms with E-state index >= 15 is 0 Å². The Morgan fingerprint density at radius 1 is 1.24 bits per heavy atom. The van der Waals surface area contributed by atoms with Gasteiger partial charge in [-0.3, -0.25) is 4.79 Å². The number of amides is 1. The van der Waals surface area contributed by atoms with E-state index < -0.39 is 17.6 Å². The van der Waals surface area contributed by atoms with Gasteiger partial charge in [-0.25, -0.2) is 4.68 Å². The van der Waals surface area contributed by atoms with Crippen molar-refractivity contribution in [1.82, 2.24) is 9.78 Å². The van der Waals surface area contributed by atoms with Crippen LogP contribution in [0.15, 0.2) is 59.5 Å². The molecule has 1 aromatic carbocycles. The maximum Gasteiger partial charge on any atom is 0.416 e. The molecule has 0 saturated carbocycles. The molecule has 1 N–H and O–H groups in total. The van der Waals surface area contributed by atoms with Crippen LogP contribution in [0.3, 0.4) is 0 Å². The monoisotopic (exact) mass is 349 g/mol. The fraction of sp³-hybridized carbons (Fsp3) is 0.176. The van der Waals surface area contributed by atoms with Crippen molar-refractivity contribution in [2.24, 2.45) is 0 Å². The summed E-state index contributed by atoms with van der Waals surface area (Å²) in [6.07, 6.45) is 0.518. The van der Waals surface area contributed by atoms with E-state index in [1.807, 2.05) is 0 Å². The summed E-state index contributed by atoms with van der Waals surface area (Å²) in [5.74, 6) is 0.218. The first-order valence-electron chi connectivity index (χ1n) is 7.47. The van der Waals surface area contributed by atoms with Crippen molar-refractivity contribution in [3.63, 3.8) is 0 Å². The van der Waals surface area contributed by atoms with E-state index in [0.717, 1.165) is 12.1 Å². The first-order chi connectivity index (χ1) is 11.9. The second-order valence-corrected chi connectivity index (χ2v) is 5.31. The van der Waals surface area contributed by atoms with Gasteiger partial charge >= 0.3 is 6.18 Å². The van der Waals surface area contributed by atoms with E-state index in [1.54, 1.807) is 24.4 Å². The van der Waals surface area contributed by atoms with Gasteiger partial charge in [0, 0.05) is 25.2 Å². The number of alkyl halides is 3. The topological polar surface area (TPSA) is 60.1 Å². The third-order valence-corrected chi connectivity index (χ3v) is 3.53. The van der Waals surface area contributed by atoms with Crippen LogP contribution in [0.5, 0.6) is 0 Å². The van der Waals surface area contributed by atoms with Crippen LogP contribution in [0.4, 0.5) is 18.9 Å². The largest absolute Gasteiger partial charge is 0.469 e. The number of aryl methyl sites for hydroxylation is 1. The Morgan fingerprint density at radius 2 is 2.08 bits per heavy atom. The summed E-state index contributed by atoms with van der Waals surface area (Å²) in [5.41, 5.74) is -0.447. The van der Waals surface area contributed by atoms with Crippen LogP contribution in [0.25, 0.3) is 5.69 Å². The maximum atomic E-state index is 13.0. The number of benzene rings is 1. The van der Waals surface area contributed by atoms with Crippen molar-refractivity contribution in [3.05, 3.63) is 66.4 Å². The predicted octanol–water partition coefficient (Wildman–Crippen LogP) is 4.06. The molecule has 1 amide bonds. The van der Waals surface area contributed by atoms with Crippen molar-refractivity contribution >= 4 is 11.6 Å². The minimum Gasteiger partial charge on any atom is -0.469 e. The van der Waals surface area contributed by atoms with Crippen molar-refractivity contribution < 1.29 is 22.4 Å². The fourth-order valence-electron chi connectivity index (χ4n) is 2.33. The lowest BCUT2D eigenvalue weighted by molar-refractivity contribution is -0.137. The standard InChI is InChI=1S/C17H14F3N3O2/c18-17(19,20)12-4-6-15(23-9-2-8-21-23)14(11-12)22-16(24)7-5-13-3-1-10-25-13/h1-4,6,8-11H,5,7H2,(H,22,24). The molecule has 25 heavy (non-hydrogen) atoms. The minimum absolute atomic E-state index is 0.0444. The molecule has 3 aromatic rings. The Kier molecular flexibility index (Phi) is 4.60. The summed E-state index contributed by atoms with van der Waals surface area (Å²) < 4.78 is 45.4. The zero-order valence-electron chi connectivity index (χ0n) is 13.0. The zero-order valence-corrected chi connectivity index (χ0v) is 13.0. The molecule has 0 bridgehead atoms. The number of aromatic nitrogens is 2. The first kappa shape index (κ1) is 16.8. The highest BCUT2D eigenvalue weighted by Gasteiger charge is 2.31. The normalized spacial score (nSPS) is 11.5. The Hall–Kier alpha value is -3.03. The average molecular weight is 349 g/mol. The Morgan fingerprint density at radius 3 is 2.72 bits per heavy atom. The van der Waals surface area contributed by atoms with E-state index in [2.05, 4.69) is 10.4 Å². The predicted molar refractivity (Wildman–Crippen MR) is 84.2 cm³/mol. The third-order valence-electron chi connectivity index (χ3n) is 3.53. The van der Waals surface area contributed by atoms with Crippen LogP contribution < -0.4 is 5.32 Å². The van der Waals surface area contributed by atoms with E-state index in [-0.39, 0.29) is 12.1 Å². The van der Waals surface area contributed by atoms with Gasteiger partial charge in [0.05, 0.1) is 23.2 Å². The fourth-order valence-corrected chi connectivity index (χ4v) is 2.33. The second-order valence-electron chi connectivity index (χ2n) is 5.31. The lowest BCUT2D eigenvalue weighted by Gasteiger charge is -2.14. The number of hydrogen-bond acceptors (Lipinski definition) is 3. The van der Waals surface area contributed by atoms with E-state index in [4.69, 9.17) is 4.42 Å². The lowest BCUT2D eigenvalue weighted by Crippen LogP contribution is -2.16. The van der Waals surface area contributed by atoms with E-state index in [1.165, 1.54) is 23.2 Å².